The molecule has 2 N–H and O–H groups in total. The molecule has 0 spiro atoms. The lowest BCUT2D eigenvalue weighted by molar-refractivity contribution is -0.153. The number of hydrogen-bond donors (Lipinski definition) is 2. The number of aliphatic hydroxyl groups is 1. The molecule has 0 aliphatic carbocycles. The van der Waals surface area contributed by atoms with Gasteiger partial charge in [-0.05, 0) is 48.6 Å². The van der Waals surface area contributed by atoms with E-state index < -0.39 is 28.0 Å². The Bertz CT molecular complexity index is 1190. The summed E-state index contributed by atoms with van der Waals surface area (Å²) in [5, 5.41) is 12.9. The molecule has 0 saturated carbocycles. The number of nitrogens with one attached hydrogen (secondary N) is 1. The fourth-order valence-corrected chi connectivity index (χ4v) is 6.27. The summed E-state index contributed by atoms with van der Waals surface area (Å²) >= 11 is 0. The van der Waals surface area contributed by atoms with Crippen LogP contribution in [-0.4, -0.2) is 76.4 Å². The SMILES string of the molecule is COc1ccc(S(=O)(=O)NN(CC(C)C)C[C@@H](O)[C@@H](CC(=O)OC2CO[C@H]3OCCC23)Cc2ccccc2)cc1. The molecule has 40 heavy (non-hydrogen) atoms. The first-order chi connectivity index (χ1) is 19.1. The number of benzene rings is 2. The van der Waals surface area contributed by atoms with Crippen LogP contribution in [0.15, 0.2) is 59.5 Å². The molecule has 4 rings (SSSR count). The van der Waals surface area contributed by atoms with Crippen molar-refractivity contribution in [1.82, 2.24) is 9.84 Å². The zero-order valence-corrected chi connectivity index (χ0v) is 24.1. The molecule has 0 radical (unpaired) electrons. The molecular weight excluding hydrogens is 536 g/mol. The maximum Gasteiger partial charge on any atom is 0.306 e. The lowest BCUT2D eigenvalue weighted by Crippen LogP contribution is -2.49. The first kappa shape index (κ1) is 30.4. The Balaban J connectivity index is 1.46. The van der Waals surface area contributed by atoms with Gasteiger partial charge in [-0.2, -0.15) is 0 Å². The molecule has 2 aliphatic rings. The van der Waals surface area contributed by atoms with E-state index >= 15 is 0 Å². The number of ether oxygens (including phenoxy) is 4. The largest absolute Gasteiger partial charge is 0.497 e. The zero-order valence-electron chi connectivity index (χ0n) is 23.3. The van der Waals surface area contributed by atoms with E-state index in [1.54, 1.807) is 12.1 Å². The highest BCUT2D eigenvalue weighted by Crippen LogP contribution is 2.33. The Labute approximate surface area is 236 Å². The Morgan fingerprint density at radius 2 is 1.82 bits per heavy atom. The molecule has 11 heteroatoms. The van der Waals surface area contributed by atoms with Crippen molar-refractivity contribution in [1.29, 1.82) is 0 Å². The molecule has 2 aliphatic heterocycles. The molecule has 2 unspecified atom stereocenters. The molecule has 0 amide bonds. The van der Waals surface area contributed by atoms with Gasteiger partial charge in [0.15, 0.2) is 6.29 Å². The predicted molar refractivity (Wildman–Crippen MR) is 148 cm³/mol. The fraction of sp³-hybridized carbons (Fsp3) is 0.552. The van der Waals surface area contributed by atoms with E-state index in [-0.39, 0.29) is 42.1 Å². The number of sulfonamides is 1. The summed E-state index contributed by atoms with van der Waals surface area (Å²) < 4.78 is 48.3. The first-order valence-electron chi connectivity index (χ1n) is 13.7. The zero-order chi connectivity index (χ0) is 28.7. The van der Waals surface area contributed by atoms with Crippen molar-refractivity contribution in [2.24, 2.45) is 17.8 Å². The van der Waals surface area contributed by atoms with Crippen LogP contribution in [0.5, 0.6) is 5.75 Å². The fourth-order valence-electron chi connectivity index (χ4n) is 5.18. The molecule has 2 aromatic carbocycles. The van der Waals surface area contributed by atoms with E-state index in [1.165, 1.54) is 24.3 Å². The number of esters is 1. The van der Waals surface area contributed by atoms with Crippen molar-refractivity contribution in [3.05, 3.63) is 60.2 Å². The van der Waals surface area contributed by atoms with Crippen molar-refractivity contribution in [3.8, 4) is 5.75 Å². The smallest absolute Gasteiger partial charge is 0.306 e. The third kappa shape index (κ3) is 8.25. The first-order valence-corrected chi connectivity index (χ1v) is 15.2. The number of methoxy groups -OCH3 is 1. The molecule has 2 aromatic rings. The molecule has 2 fully saturated rings. The number of fused-ring (bicyclic) bond motifs is 1. The van der Waals surface area contributed by atoms with Crippen molar-refractivity contribution < 1.29 is 37.3 Å². The maximum atomic E-state index is 13.2. The Morgan fingerprint density at radius 3 is 2.50 bits per heavy atom. The van der Waals surface area contributed by atoms with Gasteiger partial charge in [0.05, 0.1) is 43.7 Å². The quantitative estimate of drug-likeness (QED) is 0.258. The van der Waals surface area contributed by atoms with Gasteiger partial charge in [-0.3, -0.25) is 4.79 Å². The van der Waals surface area contributed by atoms with Gasteiger partial charge in [0.1, 0.15) is 11.9 Å². The van der Waals surface area contributed by atoms with Crippen molar-refractivity contribution >= 4 is 16.0 Å². The summed E-state index contributed by atoms with van der Waals surface area (Å²) in [6.45, 7) is 5.15. The second-order valence-electron chi connectivity index (χ2n) is 10.8. The maximum absolute atomic E-state index is 13.2. The van der Waals surface area contributed by atoms with Crippen LogP contribution in [0.25, 0.3) is 0 Å². The number of carbonyl (C=O) groups excluding carboxylic acids is 1. The minimum absolute atomic E-state index is 0.0105. The third-order valence-electron chi connectivity index (χ3n) is 7.19. The molecule has 2 heterocycles. The van der Waals surface area contributed by atoms with Crippen LogP contribution in [0.1, 0.15) is 32.3 Å². The van der Waals surface area contributed by atoms with Crippen molar-refractivity contribution in [2.75, 3.05) is 33.4 Å². The Morgan fingerprint density at radius 1 is 1.10 bits per heavy atom. The third-order valence-corrected chi connectivity index (χ3v) is 8.59. The van der Waals surface area contributed by atoms with E-state index in [4.69, 9.17) is 18.9 Å². The van der Waals surface area contributed by atoms with Crippen LogP contribution in [0.4, 0.5) is 0 Å². The summed E-state index contributed by atoms with van der Waals surface area (Å²) in [5.74, 6) is -0.255. The summed E-state index contributed by atoms with van der Waals surface area (Å²) in [5.41, 5.74) is 0.960. The van der Waals surface area contributed by atoms with Gasteiger partial charge in [0, 0.05) is 19.0 Å². The molecule has 10 nitrogen and oxygen atoms in total. The average molecular weight is 577 g/mol. The van der Waals surface area contributed by atoms with Gasteiger partial charge in [0.25, 0.3) is 10.0 Å². The summed E-state index contributed by atoms with van der Waals surface area (Å²) in [7, 11) is -2.41. The molecular formula is C29H40N2O8S. The van der Waals surface area contributed by atoms with Crippen LogP contribution >= 0.6 is 0 Å². The van der Waals surface area contributed by atoms with Gasteiger partial charge >= 0.3 is 5.97 Å². The standard InChI is InChI=1S/C29H40N2O8S/c1-20(2)17-31(30-40(34,35)24-11-9-23(36-3)10-12-24)18-26(32)22(15-21-7-5-4-6-8-21)16-28(33)39-27-19-38-29-25(27)13-14-37-29/h4-12,20,22,25-27,29-30,32H,13-19H2,1-3H3/t22-,25?,26-,27?,29-/m1/s1. The summed E-state index contributed by atoms with van der Waals surface area (Å²) in [6, 6.07) is 15.7. The monoisotopic (exact) mass is 576 g/mol. The van der Waals surface area contributed by atoms with Gasteiger partial charge in [-0.15, -0.1) is 4.83 Å². The predicted octanol–water partition coefficient (Wildman–Crippen LogP) is 2.76. The molecule has 2 saturated heterocycles. The second kappa shape index (κ2) is 13.9. The van der Waals surface area contributed by atoms with E-state index in [1.807, 2.05) is 44.2 Å². The van der Waals surface area contributed by atoms with Crippen LogP contribution in [0, 0.1) is 17.8 Å². The van der Waals surface area contributed by atoms with E-state index in [9.17, 15) is 18.3 Å². The second-order valence-corrected chi connectivity index (χ2v) is 12.5. The molecule has 5 atom stereocenters. The van der Waals surface area contributed by atoms with Crippen LogP contribution in [-0.2, 0) is 35.4 Å². The lowest BCUT2D eigenvalue weighted by atomic mass is 9.90. The molecule has 0 aromatic heterocycles. The number of hydrazine groups is 1. The number of nitrogens with zero attached hydrogens (tertiary/aromatic N) is 1. The Kier molecular flexibility index (Phi) is 10.6. The minimum atomic E-state index is -3.92. The highest BCUT2D eigenvalue weighted by molar-refractivity contribution is 7.89. The number of hydrogen-bond acceptors (Lipinski definition) is 9. The van der Waals surface area contributed by atoms with Crippen molar-refractivity contribution in [2.45, 2.75) is 56.5 Å². The van der Waals surface area contributed by atoms with Crippen molar-refractivity contribution in [3.63, 3.8) is 0 Å². The highest BCUT2D eigenvalue weighted by atomic mass is 32.2. The molecule has 0 bridgehead atoms. The van der Waals surface area contributed by atoms with Gasteiger partial charge in [-0.25, -0.2) is 13.4 Å². The lowest BCUT2D eigenvalue weighted by Gasteiger charge is -2.30. The summed E-state index contributed by atoms with van der Waals surface area (Å²) in [6.07, 6.45) is -0.542. The van der Waals surface area contributed by atoms with E-state index in [0.717, 1.165) is 12.0 Å². The normalized spacial score (nSPS) is 22.3. The summed E-state index contributed by atoms with van der Waals surface area (Å²) in [4.78, 5) is 15.8. The number of aliphatic hydroxyl groups excluding tert-OH is 1. The van der Waals surface area contributed by atoms with Crippen LogP contribution < -0.4 is 9.57 Å². The van der Waals surface area contributed by atoms with E-state index in [2.05, 4.69) is 4.83 Å². The van der Waals surface area contributed by atoms with Gasteiger partial charge in [0.2, 0.25) is 0 Å². The highest BCUT2D eigenvalue weighted by Gasteiger charge is 2.44. The number of carbonyl (C=O) groups is 1. The van der Waals surface area contributed by atoms with Crippen LogP contribution in [0.2, 0.25) is 0 Å². The average Bonchev–Trinajstić information content (AvgIpc) is 3.53. The van der Waals surface area contributed by atoms with E-state index in [0.29, 0.717) is 31.9 Å². The van der Waals surface area contributed by atoms with Gasteiger partial charge in [-0.1, -0.05) is 44.2 Å². The van der Waals surface area contributed by atoms with Gasteiger partial charge < -0.3 is 24.1 Å². The van der Waals surface area contributed by atoms with Crippen LogP contribution in [0.3, 0.4) is 0 Å². The Hall–Kier alpha value is -2.54. The minimum Gasteiger partial charge on any atom is -0.497 e. The molecule has 220 valence electrons. The topological polar surface area (TPSA) is 124 Å². The number of rotatable bonds is 14.